The molecule has 0 spiro atoms. The minimum atomic E-state index is -0.992. The van der Waals surface area contributed by atoms with Crippen LogP contribution in [0.3, 0.4) is 0 Å². The van der Waals surface area contributed by atoms with Gasteiger partial charge in [-0.1, -0.05) is 0 Å². The van der Waals surface area contributed by atoms with E-state index in [0.29, 0.717) is 11.9 Å². The van der Waals surface area contributed by atoms with Gasteiger partial charge >= 0.3 is 6.16 Å². The van der Waals surface area contributed by atoms with E-state index in [1.54, 1.807) is 6.92 Å². The number of nitrogens with zero attached hydrogens (tertiary/aromatic N) is 2. The fourth-order valence-corrected chi connectivity index (χ4v) is 1.73. The zero-order chi connectivity index (χ0) is 13.5. The van der Waals surface area contributed by atoms with Gasteiger partial charge in [-0.05, 0) is 19.8 Å². The second kappa shape index (κ2) is 7.49. The predicted octanol–water partition coefficient (Wildman–Crippen LogP) is 0.500. The minimum absolute atomic E-state index is 0.0759. The molecule has 2 N–H and O–H groups in total. The van der Waals surface area contributed by atoms with Crippen LogP contribution in [0.2, 0.25) is 0 Å². The lowest BCUT2D eigenvalue weighted by molar-refractivity contribution is -0.476. The lowest BCUT2D eigenvalue weighted by Crippen LogP contribution is -2.46. The summed E-state index contributed by atoms with van der Waals surface area (Å²) in [4.78, 5) is 16.0. The standard InChI is InChI=1S/C10H20N2O6/c1-3-16-10(14)17-8(2)18-12(15)11-6-4-5-9(11)7-13/h8-9,13,15H,3-7H2,1-2H3. The molecule has 2 unspecified atom stereocenters. The average Bonchev–Trinajstić information content (AvgIpc) is 2.76. The van der Waals surface area contributed by atoms with Crippen LogP contribution in [0.5, 0.6) is 0 Å². The fourth-order valence-electron chi connectivity index (χ4n) is 1.73. The molecule has 0 radical (unpaired) electrons. The smallest absolute Gasteiger partial charge is 0.435 e. The van der Waals surface area contributed by atoms with Crippen molar-refractivity contribution in [3.63, 3.8) is 0 Å². The van der Waals surface area contributed by atoms with Gasteiger partial charge in [0.05, 0.1) is 19.3 Å². The maximum Gasteiger partial charge on any atom is 0.510 e. The molecule has 0 amide bonds. The first kappa shape index (κ1) is 15.1. The van der Waals surface area contributed by atoms with Crippen molar-refractivity contribution in [2.45, 2.75) is 39.0 Å². The van der Waals surface area contributed by atoms with E-state index in [2.05, 4.69) is 4.74 Å². The van der Waals surface area contributed by atoms with Crippen molar-refractivity contribution in [2.75, 3.05) is 19.8 Å². The lowest BCUT2D eigenvalue weighted by Gasteiger charge is -2.30. The molecule has 8 nitrogen and oxygen atoms in total. The van der Waals surface area contributed by atoms with Gasteiger partial charge in [0.2, 0.25) is 6.29 Å². The normalized spacial score (nSPS) is 22.2. The summed E-state index contributed by atoms with van der Waals surface area (Å²) in [6.45, 7) is 3.79. The van der Waals surface area contributed by atoms with Crippen LogP contribution in [0.25, 0.3) is 0 Å². The maximum absolute atomic E-state index is 11.0. The molecule has 1 rings (SSSR count). The number of hydrogen-bond donors (Lipinski definition) is 2. The molecule has 1 aliphatic heterocycles. The summed E-state index contributed by atoms with van der Waals surface area (Å²) in [5.41, 5.74) is 0. The van der Waals surface area contributed by atoms with Crippen molar-refractivity contribution >= 4 is 6.16 Å². The third-order valence-electron chi connectivity index (χ3n) is 2.54. The van der Waals surface area contributed by atoms with Crippen LogP contribution in [0.15, 0.2) is 0 Å². The first-order valence-corrected chi connectivity index (χ1v) is 5.95. The van der Waals surface area contributed by atoms with Crippen molar-refractivity contribution in [1.82, 2.24) is 10.3 Å². The summed E-state index contributed by atoms with van der Waals surface area (Å²) in [5.74, 6) is 0. The Morgan fingerprint density at radius 2 is 2.33 bits per heavy atom. The molecule has 0 aliphatic carbocycles. The lowest BCUT2D eigenvalue weighted by atomic mass is 10.2. The molecule has 0 bridgehead atoms. The van der Waals surface area contributed by atoms with Gasteiger partial charge in [-0.3, -0.25) is 5.21 Å². The molecular formula is C10H20N2O6. The van der Waals surface area contributed by atoms with Crippen molar-refractivity contribution in [3.8, 4) is 0 Å². The summed E-state index contributed by atoms with van der Waals surface area (Å²) in [7, 11) is 0. The van der Waals surface area contributed by atoms with Gasteiger partial charge in [0.1, 0.15) is 0 Å². The fraction of sp³-hybridized carbons (Fsp3) is 0.900. The van der Waals surface area contributed by atoms with Gasteiger partial charge < -0.3 is 14.6 Å². The highest BCUT2D eigenvalue weighted by Crippen LogP contribution is 2.18. The highest BCUT2D eigenvalue weighted by Gasteiger charge is 2.30. The summed E-state index contributed by atoms with van der Waals surface area (Å²) in [5, 5.41) is 20.7. The number of carbonyl (C=O) groups excluding carboxylic acids is 1. The SMILES string of the molecule is CCOC(=O)OC(C)ON(O)N1CCCC1CO. The monoisotopic (exact) mass is 264 g/mol. The summed E-state index contributed by atoms with van der Waals surface area (Å²) in [6.07, 6.45) is -0.240. The van der Waals surface area contributed by atoms with E-state index in [1.807, 2.05) is 0 Å². The number of hydrazine groups is 1. The molecule has 8 heteroatoms. The number of hydrogen-bond acceptors (Lipinski definition) is 8. The number of rotatable bonds is 6. The van der Waals surface area contributed by atoms with E-state index in [4.69, 9.17) is 14.7 Å². The Kier molecular flexibility index (Phi) is 6.30. The highest BCUT2D eigenvalue weighted by molar-refractivity contribution is 5.59. The van der Waals surface area contributed by atoms with E-state index in [-0.39, 0.29) is 19.3 Å². The van der Waals surface area contributed by atoms with E-state index in [0.717, 1.165) is 12.8 Å². The Balaban J connectivity index is 2.34. The topological polar surface area (TPSA) is 91.7 Å². The van der Waals surface area contributed by atoms with Crippen molar-refractivity contribution in [3.05, 3.63) is 0 Å². The molecule has 0 aromatic carbocycles. The zero-order valence-corrected chi connectivity index (χ0v) is 10.6. The van der Waals surface area contributed by atoms with Crippen LogP contribution in [0.4, 0.5) is 4.79 Å². The third-order valence-corrected chi connectivity index (χ3v) is 2.54. The van der Waals surface area contributed by atoms with Crippen molar-refractivity contribution in [1.29, 1.82) is 0 Å². The van der Waals surface area contributed by atoms with E-state index < -0.39 is 12.4 Å². The zero-order valence-electron chi connectivity index (χ0n) is 10.6. The molecule has 18 heavy (non-hydrogen) atoms. The van der Waals surface area contributed by atoms with Gasteiger partial charge in [0, 0.05) is 18.8 Å². The number of ether oxygens (including phenoxy) is 2. The molecule has 0 aromatic heterocycles. The molecule has 0 aromatic rings. The maximum atomic E-state index is 11.0. The van der Waals surface area contributed by atoms with E-state index >= 15 is 0 Å². The van der Waals surface area contributed by atoms with Gasteiger partial charge in [0.25, 0.3) is 0 Å². The number of aliphatic hydroxyl groups excluding tert-OH is 1. The second-order valence-corrected chi connectivity index (χ2v) is 3.87. The summed E-state index contributed by atoms with van der Waals surface area (Å²) < 4.78 is 9.28. The van der Waals surface area contributed by atoms with Gasteiger partial charge in [-0.25, -0.2) is 9.63 Å². The van der Waals surface area contributed by atoms with Gasteiger partial charge in [-0.15, -0.1) is 0 Å². The molecule has 1 fully saturated rings. The van der Waals surface area contributed by atoms with E-state index in [1.165, 1.54) is 11.9 Å². The number of aliphatic hydroxyl groups is 1. The Hall–Kier alpha value is -0.930. The average molecular weight is 264 g/mol. The third kappa shape index (κ3) is 4.39. The Morgan fingerprint density at radius 3 is 2.94 bits per heavy atom. The van der Waals surface area contributed by atoms with Crippen LogP contribution in [0, 0.1) is 0 Å². The Bertz CT molecular complexity index is 265. The first-order chi connectivity index (χ1) is 8.58. The quantitative estimate of drug-likeness (QED) is 0.407. The molecule has 1 heterocycles. The highest BCUT2D eigenvalue weighted by atomic mass is 17.0. The Morgan fingerprint density at radius 1 is 1.61 bits per heavy atom. The van der Waals surface area contributed by atoms with Crippen LogP contribution < -0.4 is 0 Å². The van der Waals surface area contributed by atoms with Crippen LogP contribution in [0.1, 0.15) is 26.7 Å². The number of carbonyl (C=O) groups is 1. The van der Waals surface area contributed by atoms with Crippen LogP contribution in [-0.4, -0.2) is 58.9 Å². The molecule has 2 atom stereocenters. The molecule has 1 aliphatic rings. The van der Waals surface area contributed by atoms with Gasteiger partial charge in [0.15, 0.2) is 0 Å². The molecule has 1 saturated heterocycles. The second-order valence-electron chi connectivity index (χ2n) is 3.87. The van der Waals surface area contributed by atoms with Crippen LogP contribution in [-0.2, 0) is 14.3 Å². The van der Waals surface area contributed by atoms with Crippen molar-refractivity contribution in [2.24, 2.45) is 0 Å². The first-order valence-electron chi connectivity index (χ1n) is 5.95. The van der Waals surface area contributed by atoms with Crippen LogP contribution >= 0.6 is 0 Å². The molecular weight excluding hydrogens is 244 g/mol. The van der Waals surface area contributed by atoms with Gasteiger partial charge in [-0.2, -0.15) is 5.01 Å². The predicted molar refractivity (Wildman–Crippen MR) is 59.1 cm³/mol. The minimum Gasteiger partial charge on any atom is -0.435 e. The molecule has 0 saturated carbocycles. The molecule has 106 valence electrons. The Labute approximate surface area is 106 Å². The summed E-state index contributed by atoms with van der Waals surface area (Å²) in [6, 6.07) is -0.190. The largest absolute Gasteiger partial charge is 0.510 e. The summed E-state index contributed by atoms with van der Waals surface area (Å²) >= 11 is 0. The van der Waals surface area contributed by atoms with E-state index in [9.17, 15) is 10.0 Å². The van der Waals surface area contributed by atoms with Crippen molar-refractivity contribution < 1.29 is 29.4 Å².